The molecule has 0 aliphatic rings. The van der Waals surface area contributed by atoms with Crippen molar-refractivity contribution in [2.75, 3.05) is 5.73 Å². The minimum Gasteiger partial charge on any atom is -0.398 e. The maximum atomic E-state index is 12.1. The Morgan fingerprint density at radius 2 is 1.87 bits per heavy atom. The molecular weight excluding hydrogens is 186 g/mol. The third-order valence-corrected chi connectivity index (χ3v) is 3.05. The van der Waals surface area contributed by atoms with E-state index in [0.717, 1.165) is 11.1 Å². The highest BCUT2D eigenvalue weighted by Gasteiger charge is 2.20. The van der Waals surface area contributed by atoms with Gasteiger partial charge in [-0.15, -0.1) is 0 Å². The van der Waals surface area contributed by atoms with E-state index in [0.29, 0.717) is 11.6 Å². The minimum atomic E-state index is 0.0468. The molecule has 15 heavy (non-hydrogen) atoms. The van der Waals surface area contributed by atoms with Crippen LogP contribution in [0.1, 0.15) is 36.7 Å². The Bertz CT molecular complexity index is 369. The molecule has 0 amide bonds. The lowest BCUT2D eigenvalue weighted by Gasteiger charge is -2.16. The maximum absolute atomic E-state index is 12.1. The van der Waals surface area contributed by atoms with Crippen LogP contribution in [0.5, 0.6) is 0 Å². The van der Waals surface area contributed by atoms with Crippen LogP contribution in [0.3, 0.4) is 0 Å². The number of carbonyl (C=O) groups is 1. The van der Waals surface area contributed by atoms with Gasteiger partial charge in [0.05, 0.1) is 0 Å². The van der Waals surface area contributed by atoms with Crippen LogP contribution in [0.2, 0.25) is 0 Å². The maximum Gasteiger partial charge on any atom is 0.166 e. The van der Waals surface area contributed by atoms with Gasteiger partial charge >= 0.3 is 0 Å². The number of hydrogen-bond acceptors (Lipinski definition) is 2. The highest BCUT2D eigenvalue weighted by molar-refractivity contribution is 6.00. The minimum absolute atomic E-state index is 0.0468. The number of anilines is 1. The second kappa shape index (κ2) is 4.47. The van der Waals surface area contributed by atoms with Crippen LogP contribution in [0.15, 0.2) is 18.2 Å². The van der Waals surface area contributed by atoms with E-state index in [4.69, 9.17) is 5.73 Å². The molecule has 1 rings (SSSR count). The standard InChI is InChI=1S/C13H19NO/c1-8(2)9(3)13(15)11-6-5-7-12(14)10(11)4/h5-9H,14H2,1-4H3. The summed E-state index contributed by atoms with van der Waals surface area (Å²) in [5.74, 6) is 0.596. The van der Waals surface area contributed by atoms with E-state index in [9.17, 15) is 4.79 Å². The van der Waals surface area contributed by atoms with Gasteiger partial charge in [-0.2, -0.15) is 0 Å². The zero-order valence-corrected chi connectivity index (χ0v) is 9.87. The molecule has 0 aromatic heterocycles. The van der Waals surface area contributed by atoms with E-state index in [1.54, 1.807) is 0 Å². The van der Waals surface area contributed by atoms with E-state index in [-0.39, 0.29) is 11.7 Å². The van der Waals surface area contributed by atoms with Gasteiger partial charge < -0.3 is 5.73 Å². The summed E-state index contributed by atoms with van der Waals surface area (Å²) in [6, 6.07) is 5.52. The monoisotopic (exact) mass is 205 g/mol. The summed E-state index contributed by atoms with van der Waals surface area (Å²) in [5.41, 5.74) is 8.13. The van der Waals surface area contributed by atoms with Gasteiger partial charge in [0.1, 0.15) is 0 Å². The van der Waals surface area contributed by atoms with Crippen LogP contribution < -0.4 is 5.73 Å². The van der Waals surface area contributed by atoms with Gasteiger partial charge in [-0.3, -0.25) is 4.79 Å². The average Bonchev–Trinajstić information content (AvgIpc) is 2.20. The number of Topliss-reactive ketones (excluding diaryl/α,β-unsaturated/α-hetero) is 1. The fourth-order valence-corrected chi connectivity index (χ4v) is 1.47. The Morgan fingerprint density at radius 1 is 1.27 bits per heavy atom. The molecule has 2 heteroatoms. The van der Waals surface area contributed by atoms with Crippen molar-refractivity contribution in [3.8, 4) is 0 Å². The number of rotatable bonds is 3. The summed E-state index contributed by atoms with van der Waals surface area (Å²) in [7, 11) is 0. The first-order valence-electron chi connectivity index (χ1n) is 5.34. The van der Waals surface area contributed by atoms with Crippen molar-refractivity contribution in [2.24, 2.45) is 11.8 Å². The van der Waals surface area contributed by atoms with E-state index >= 15 is 0 Å². The van der Waals surface area contributed by atoms with Crippen LogP contribution in [-0.2, 0) is 0 Å². The number of hydrogen-bond donors (Lipinski definition) is 1. The molecule has 0 heterocycles. The molecule has 1 aromatic carbocycles. The van der Waals surface area contributed by atoms with Gasteiger partial charge in [-0.1, -0.05) is 32.9 Å². The van der Waals surface area contributed by atoms with Gasteiger partial charge in [0, 0.05) is 17.2 Å². The molecule has 0 saturated heterocycles. The fourth-order valence-electron chi connectivity index (χ4n) is 1.47. The molecule has 2 nitrogen and oxygen atoms in total. The summed E-state index contributed by atoms with van der Waals surface area (Å²) in [6.45, 7) is 7.99. The van der Waals surface area contributed by atoms with Crippen molar-refractivity contribution in [3.05, 3.63) is 29.3 Å². The number of benzene rings is 1. The number of ketones is 1. The van der Waals surface area contributed by atoms with Crippen LogP contribution in [0, 0.1) is 18.8 Å². The van der Waals surface area contributed by atoms with E-state index in [1.807, 2.05) is 32.0 Å². The second-order valence-corrected chi connectivity index (χ2v) is 4.42. The second-order valence-electron chi connectivity index (χ2n) is 4.42. The van der Waals surface area contributed by atoms with Gasteiger partial charge in [0.2, 0.25) is 0 Å². The molecule has 1 aromatic rings. The van der Waals surface area contributed by atoms with Crippen LogP contribution >= 0.6 is 0 Å². The normalized spacial score (nSPS) is 12.9. The van der Waals surface area contributed by atoms with E-state index in [1.165, 1.54) is 0 Å². The molecule has 82 valence electrons. The molecule has 0 bridgehead atoms. The SMILES string of the molecule is Cc1c(N)cccc1C(=O)C(C)C(C)C. The quantitative estimate of drug-likeness (QED) is 0.608. The Morgan fingerprint density at radius 3 is 2.40 bits per heavy atom. The van der Waals surface area contributed by atoms with Crippen molar-refractivity contribution < 1.29 is 4.79 Å². The predicted molar refractivity (Wildman–Crippen MR) is 63.9 cm³/mol. The Kier molecular flexibility index (Phi) is 3.51. The molecule has 0 spiro atoms. The smallest absolute Gasteiger partial charge is 0.166 e. The molecule has 0 fully saturated rings. The topological polar surface area (TPSA) is 43.1 Å². The first-order valence-corrected chi connectivity index (χ1v) is 5.34. The van der Waals surface area contributed by atoms with Gasteiger partial charge in [-0.25, -0.2) is 0 Å². The summed E-state index contributed by atoms with van der Waals surface area (Å²) in [5, 5.41) is 0. The fraction of sp³-hybridized carbons (Fsp3) is 0.462. The van der Waals surface area contributed by atoms with Gasteiger partial charge in [-0.05, 0) is 24.5 Å². The third-order valence-electron chi connectivity index (χ3n) is 3.05. The van der Waals surface area contributed by atoms with E-state index < -0.39 is 0 Å². The molecule has 0 saturated carbocycles. The zero-order valence-electron chi connectivity index (χ0n) is 9.87. The highest BCUT2D eigenvalue weighted by Crippen LogP contribution is 2.22. The number of carbonyl (C=O) groups excluding carboxylic acids is 1. The molecule has 0 aliphatic heterocycles. The first kappa shape index (κ1) is 11.8. The van der Waals surface area contributed by atoms with Crippen LogP contribution in [0.4, 0.5) is 5.69 Å². The van der Waals surface area contributed by atoms with E-state index in [2.05, 4.69) is 13.8 Å². The van der Waals surface area contributed by atoms with Crippen LogP contribution in [0.25, 0.3) is 0 Å². The van der Waals surface area contributed by atoms with Crippen molar-refractivity contribution in [2.45, 2.75) is 27.7 Å². The van der Waals surface area contributed by atoms with Crippen molar-refractivity contribution >= 4 is 11.5 Å². The van der Waals surface area contributed by atoms with Gasteiger partial charge in [0.25, 0.3) is 0 Å². The summed E-state index contributed by atoms with van der Waals surface area (Å²) < 4.78 is 0. The molecule has 0 aliphatic carbocycles. The lowest BCUT2D eigenvalue weighted by molar-refractivity contribution is 0.0899. The first-order chi connectivity index (χ1) is 6.95. The largest absolute Gasteiger partial charge is 0.398 e. The Labute approximate surface area is 91.5 Å². The summed E-state index contributed by atoms with van der Waals surface area (Å²) in [6.07, 6.45) is 0. The van der Waals surface area contributed by atoms with Crippen molar-refractivity contribution in [1.82, 2.24) is 0 Å². The molecular formula is C13H19NO. The Hall–Kier alpha value is -1.31. The third kappa shape index (κ3) is 2.38. The Balaban J connectivity index is 3.07. The average molecular weight is 205 g/mol. The van der Waals surface area contributed by atoms with Crippen LogP contribution in [-0.4, -0.2) is 5.78 Å². The molecule has 1 atom stereocenters. The predicted octanol–water partition coefficient (Wildman–Crippen LogP) is 3.05. The van der Waals surface area contributed by atoms with Crippen molar-refractivity contribution in [1.29, 1.82) is 0 Å². The molecule has 0 radical (unpaired) electrons. The summed E-state index contributed by atoms with van der Waals surface area (Å²) >= 11 is 0. The highest BCUT2D eigenvalue weighted by atomic mass is 16.1. The number of nitrogens with two attached hydrogens (primary N) is 1. The van der Waals surface area contributed by atoms with Crippen molar-refractivity contribution in [3.63, 3.8) is 0 Å². The lowest BCUT2D eigenvalue weighted by Crippen LogP contribution is -2.18. The van der Waals surface area contributed by atoms with Gasteiger partial charge in [0.15, 0.2) is 5.78 Å². The lowest BCUT2D eigenvalue weighted by atomic mass is 9.88. The number of nitrogen functional groups attached to an aromatic ring is 1. The molecule has 2 N–H and O–H groups in total. The molecule has 1 unspecified atom stereocenters. The summed E-state index contributed by atoms with van der Waals surface area (Å²) in [4.78, 5) is 12.1. The zero-order chi connectivity index (χ0) is 11.6.